The van der Waals surface area contributed by atoms with Gasteiger partial charge < -0.3 is 20.0 Å². The Morgan fingerprint density at radius 3 is 3.00 bits per heavy atom. The number of hydrogen-bond donors (Lipinski definition) is 2. The summed E-state index contributed by atoms with van der Waals surface area (Å²) in [5, 5.41) is 7.46. The van der Waals surface area contributed by atoms with Crippen molar-refractivity contribution in [2.75, 3.05) is 18.9 Å². The molecule has 0 aliphatic carbocycles. The molecular formula is C20H18BrN3O2S. The van der Waals surface area contributed by atoms with Crippen LogP contribution in [0.2, 0.25) is 0 Å². The van der Waals surface area contributed by atoms with E-state index in [4.69, 9.17) is 4.42 Å². The Hall–Kier alpha value is -2.09. The van der Waals surface area contributed by atoms with Gasteiger partial charge in [-0.3, -0.25) is 4.79 Å². The summed E-state index contributed by atoms with van der Waals surface area (Å²) < 4.78 is 7.05. The second-order valence-electron chi connectivity index (χ2n) is 6.96. The first-order valence-electron chi connectivity index (χ1n) is 8.84. The molecule has 0 saturated heterocycles. The van der Waals surface area contributed by atoms with Crippen molar-refractivity contribution in [3.05, 3.63) is 62.6 Å². The predicted octanol–water partition coefficient (Wildman–Crippen LogP) is 4.61. The van der Waals surface area contributed by atoms with Crippen LogP contribution in [0.5, 0.6) is 0 Å². The average molecular weight is 444 g/mol. The molecule has 7 heteroatoms. The molecule has 0 spiro atoms. The topological polar surface area (TPSA) is 57.5 Å². The van der Waals surface area contributed by atoms with Gasteiger partial charge in [0.2, 0.25) is 0 Å². The number of rotatable bonds is 2. The molecule has 3 aromatic rings. The summed E-state index contributed by atoms with van der Waals surface area (Å²) in [6.07, 6.45) is 0.564. The van der Waals surface area contributed by atoms with E-state index >= 15 is 0 Å². The molecule has 27 heavy (non-hydrogen) atoms. The third-order valence-corrected chi connectivity index (χ3v) is 6.69. The van der Waals surface area contributed by atoms with Gasteiger partial charge in [-0.15, -0.1) is 11.3 Å². The minimum atomic E-state index is -0.358. The lowest BCUT2D eigenvalue weighted by Gasteiger charge is -2.26. The standard InChI is InChI=1S/C20H18BrN3O2S/c1-24-8-7-13-16(10-24)27-20-17(13)19(25)22-18(23-20)15-6-5-14(26-15)11-3-2-4-12(21)9-11/h2-6,9,18,23H,7-8,10H2,1H3,(H,22,25)/t18-/m1/s1. The molecule has 1 aromatic carbocycles. The summed E-state index contributed by atoms with van der Waals surface area (Å²) in [6.45, 7) is 1.89. The molecule has 0 fully saturated rings. The molecule has 2 aliphatic rings. The lowest BCUT2D eigenvalue weighted by molar-refractivity contribution is 0.0930. The second-order valence-corrected chi connectivity index (χ2v) is 8.98. The summed E-state index contributed by atoms with van der Waals surface area (Å²) in [7, 11) is 2.12. The van der Waals surface area contributed by atoms with Crippen LogP contribution in [-0.2, 0) is 13.0 Å². The molecule has 1 amide bonds. The third-order valence-electron chi connectivity index (χ3n) is 5.05. The van der Waals surface area contributed by atoms with Gasteiger partial charge in [0, 0.05) is 28.0 Å². The van der Waals surface area contributed by atoms with Crippen LogP contribution >= 0.6 is 27.3 Å². The fourth-order valence-corrected chi connectivity index (χ4v) is 5.44. The molecule has 5 rings (SSSR count). The minimum Gasteiger partial charge on any atom is -0.457 e. The zero-order valence-corrected chi connectivity index (χ0v) is 17.1. The fraction of sp³-hybridized carbons (Fsp3) is 0.250. The SMILES string of the molecule is CN1CCc2c(sc3c2C(=O)N[C@@H](c2ccc(-c4cccc(Br)c4)o2)N3)C1. The van der Waals surface area contributed by atoms with Gasteiger partial charge in [0.1, 0.15) is 16.5 Å². The van der Waals surface area contributed by atoms with E-state index in [9.17, 15) is 4.79 Å². The van der Waals surface area contributed by atoms with Crippen molar-refractivity contribution >= 4 is 38.2 Å². The summed E-state index contributed by atoms with van der Waals surface area (Å²) in [6, 6.07) is 11.8. The maximum absolute atomic E-state index is 12.8. The van der Waals surface area contributed by atoms with Gasteiger partial charge in [0.15, 0.2) is 6.17 Å². The number of furan rings is 1. The van der Waals surface area contributed by atoms with Crippen LogP contribution in [0.15, 0.2) is 45.3 Å². The highest BCUT2D eigenvalue weighted by Crippen LogP contribution is 2.41. The van der Waals surface area contributed by atoms with E-state index in [0.717, 1.165) is 45.9 Å². The van der Waals surface area contributed by atoms with Crippen LogP contribution in [-0.4, -0.2) is 24.4 Å². The number of benzene rings is 1. The summed E-state index contributed by atoms with van der Waals surface area (Å²) in [5.41, 5.74) is 3.01. The van der Waals surface area contributed by atoms with Crippen molar-refractivity contribution in [3.63, 3.8) is 0 Å². The van der Waals surface area contributed by atoms with Crippen molar-refractivity contribution in [2.24, 2.45) is 0 Å². The normalized spacial score (nSPS) is 19.2. The van der Waals surface area contributed by atoms with Crippen molar-refractivity contribution < 1.29 is 9.21 Å². The highest BCUT2D eigenvalue weighted by molar-refractivity contribution is 9.10. The van der Waals surface area contributed by atoms with Gasteiger partial charge in [0.25, 0.3) is 5.91 Å². The molecule has 1 atom stereocenters. The van der Waals surface area contributed by atoms with Crippen LogP contribution in [0.1, 0.15) is 32.7 Å². The van der Waals surface area contributed by atoms with E-state index in [0.29, 0.717) is 5.76 Å². The van der Waals surface area contributed by atoms with Crippen LogP contribution in [0, 0.1) is 0 Å². The molecule has 0 saturated carbocycles. The Balaban J connectivity index is 1.45. The van der Waals surface area contributed by atoms with Gasteiger partial charge in [-0.1, -0.05) is 28.1 Å². The smallest absolute Gasteiger partial charge is 0.256 e. The number of nitrogens with one attached hydrogen (secondary N) is 2. The Morgan fingerprint density at radius 1 is 1.26 bits per heavy atom. The lowest BCUT2D eigenvalue weighted by atomic mass is 10.0. The largest absolute Gasteiger partial charge is 0.457 e. The van der Waals surface area contributed by atoms with Gasteiger partial charge in [0.05, 0.1) is 5.56 Å². The Morgan fingerprint density at radius 2 is 2.15 bits per heavy atom. The van der Waals surface area contributed by atoms with Gasteiger partial charge in [-0.25, -0.2) is 0 Å². The van der Waals surface area contributed by atoms with Crippen LogP contribution in [0.25, 0.3) is 11.3 Å². The fourth-order valence-electron chi connectivity index (χ4n) is 3.69. The first-order chi connectivity index (χ1) is 13.1. The molecule has 2 N–H and O–H groups in total. The maximum Gasteiger partial charge on any atom is 0.256 e. The average Bonchev–Trinajstić information content (AvgIpc) is 3.26. The Bertz CT molecular complexity index is 1040. The van der Waals surface area contributed by atoms with Crippen molar-refractivity contribution in [2.45, 2.75) is 19.1 Å². The number of amides is 1. The maximum atomic E-state index is 12.8. The van der Waals surface area contributed by atoms with Gasteiger partial charge in [-0.2, -0.15) is 0 Å². The van der Waals surface area contributed by atoms with Crippen LogP contribution < -0.4 is 10.6 Å². The lowest BCUT2D eigenvalue weighted by Crippen LogP contribution is -2.38. The Kier molecular flexibility index (Phi) is 4.11. The number of halogens is 1. The first-order valence-corrected chi connectivity index (χ1v) is 10.5. The van der Waals surface area contributed by atoms with Crippen molar-refractivity contribution in [1.82, 2.24) is 10.2 Å². The zero-order valence-electron chi connectivity index (χ0n) is 14.7. The number of nitrogens with zero attached hydrogens (tertiary/aromatic N) is 1. The second kappa shape index (κ2) is 6.51. The van der Waals surface area contributed by atoms with E-state index in [2.05, 4.69) is 38.5 Å². The number of carbonyl (C=O) groups excluding carboxylic acids is 1. The molecule has 4 heterocycles. The molecule has 0 bridgehead atoms. The zero-order chi connectivity index (χ0) is 18.5. The predicted molar refractivity (Wildman–Crippen MR) is 110 cm³/mol. The molecule has 0 radical (unpaired) electrons. The monoisotopic (exact) mass is 443 g/mol. The molecule has 2 aromatic heterocycles. The summed E-state index contributed by atoms with van der Waals surface area (Å²) in [4.78, 5) is 16.4. The number of hydrogen-bond acceptors (Lipinski definition) is 5. The molecule has 2 aliphatic heterocycles. The number of carbonyl (C=O) groups is 1. The van der Waals surface area contributed by atoms with Gasteiger partial charge in [-0.05, 0) is 43.3 Å². The van der Waals surface area contributed by atoms with E-state index in [1.807, 2.05) is 36.4 Å². The number of anilines is 1. The number of likely N-dealkylation sites (N-methyl/N-ethyl adjacent to an activating group) is 1. The first kappa shape index (κ1) is 17.0. The van der Waals surface area contributed by atoms with Crippen LogP contribution in [0.3, 0.4) is 0 Å². The minimum absolute atomic E-state index is 0.0174. The van der Waals surface area contributed by atoms with E-state index in [-0.39, 0.29) is 12.1 Å². The third kappa shape index (κ3) is 2.99. The van der Waals surface area contributed by atoms with E-state index in [1.165, 1.54) is 10.4 Å². The quantitative estimate of drug-likeness (QED) is 0.606. The molecular weight excluding hydrogens is 426 g/mol. The van der Waals surface area contributed by atoms with Crippen molar-refractivity contribution in [3.8, 4) is 11.3 Å². The highest BCUT2D eigenvalue weighted by atomic mass is 79.9. The van der Waals surface area contributed by atoms with Gasteiger partial charge >= 0.3 is 0 Å². The summed E-state index contributed by atoms with van der Waals surface area (Å²) in [5.74, 6) is 1.46. The van der Waals surface area contributed by atoms with Crippen molar-refractivity contribution in [1.29, 1.82) is 0 Å². The molecule has 138 valence electrons. The molecule has 5 nitrogen and oxygen atoms in total. The van der Waals surface area contributed by atoms with Crippen LogP contribution in [0.4, 0.5) is 5.00 Å². The Labute approximate surface area is 169 Å². The van der Waals surface area contributed by atoms with E-state index < -0.39 is 0 Å². The number of fused-ring (bicyclic) bond motifs is 3. The molecule has 0 unspecified atom stereocenters. The number of thiophene rings is 1. The van der Waals surface area contributed by atoms with E-state index in [1.54, 1.807) is 11.3 Å². The summed E-state index contributed by atoms with van der Waals surface area (Å²) >= 11 is 5.17. The highest BCUT2D eigenvalue weighted by Gasteiger charge is 2.33.